The van der Waals surface area contributed by atoms with Crippen LogP contribution in [0.4, 0.5) is 5.69 Å². The molecule has 150 valence electrons. The average Bonchev–Trinajstić information content (AvgIpc) is 3.18. The molecule has 0 saturated heterocycles. The number of amides is 1. The van der Waals surface area contributed by atoms with Crippen molar-refractivity contribution >= 4 is 39.2 Å². The van der Waals surface area contributed by atoms with Crippen LogP contribution in [0.25, 0.3) is 21.8 Å². The third-order valence-electron chi connectivity index (χ3n) is 8.49. The van der Waals surface area contributed by atoms with Gasteiger partial charge < -0.3 is 9.88 Å². The lowest BCUT2D eigenvalue weighted by molar-refractivity contribution is -0.131. The Morgan fingerprint density at radius 2 is 1.76 bits per heavy atom. The predicted molar refractivity (Wildman–Crippen MR) is 117 cm³/mol. The zero-order valence-electron chi connectivity index (χ0n) is 17.6. The second kappa shape index (κ2) is 5.71. The Kier molecular flexibility index (Phi) is 3.63. The molecule has 4 heteroatoms. The second-order valence-corrected chi connectivity index (χ2v) is 9.59. The van der Waals surface area contributed by atoms with Crippen LogP contribution in [-0.2, 0) is 16.1 Å². The van der Waals surface area contributed by atoms with Crippen molar-refractivity contribution in [1.29, 1.82) is 0 Å². The van der Waals surface area contributed by atoms with E-state index in [0.717, 1.165) is 30.5 Å². The molecule has 1 aromatic heterocycles. The summed E-state index contributed by atoms with van der Waals surface area (Å²) in [5.41, 5.74) is 1.87. The van der Waals surface area contributed by atoms with Gasteiger partial charge in [0.2, 0.25) is 5.91 Å². The zero-order valence-corrected chi connectivity index (χ0v) is 17.6. The molecule has 2 aliphatic carbocycles. The molecule has 0 spiro atoms. The summed E-state index contributed by atoms with van der Waals surface area (Å²) in [5.74, 6) is 0.237. The van der Waals surface area contributed by atoms with Crippen LogP contribution in [0.2, 0.25) is 0 Å². The van der Waals surface area contributed by atoms with Gasteiger partial charge in [0.1, 0.15) is 5.78 Å². The van der Waals surface area contributed by atoms with Crippen molar-refractivity contribution in [1.82, 2.24) is 4.57 Å². The summed E-state index contributed by atoms with van der Waals surface area (Å²) in [5, 5.41) is 5.53. The van der Waals surface area contributed by atoms with E-state index >= 15 is 0 Å². The number of ketones is 1. The number of nitrogens with one attached hydrogen (secondary N) is 1. The van der Waals surface area contributed by atoms with Crippen molar-refractivity contribution in [2.24, 2.45) is 16.2 Å². The molecule has 2 bridgehead atoms. The minimum absolute atomic E-state index is 0.00402. The van der Waals surface area contributed by atoms with Gasteiger partial charge in [-0.3, -0.25) is 9.59 Å². The number of nitrogens with zero attached hydrogens (tertiary/aromatic N) is 1. The second-order valence-electron chi connectivity index (χ2n) is 9.59. The minimum atomic E-state index is -0.606. The highest BCUT2D eigenvalue weighted by Gasteiger charge is 2.72. The van der Waals surface area contributed by atoms with Gasteiger partial charge in [-0.15, -0.1) is 0 Å². The van der Waals surface area contributed by atoms with E-state index in [1.807, 2.05) is 13.0 Å². The molecule has 1 amide bonds. The number of hydrogen-bond donors (Lipinski definition) is 1. The quantitative estimate of drug-likeness (QED) is 0.640. The molecule has 4 nitrogen and oxygen atoms in total. The van der Waals surface area contributed by atoms with Crippen molar-refractivity contribution in [3.63, 3.8) is 0 Å². The van der Waals surface area contributed by atoms with Crippen molar-refractivity contribution in [3.05, 3.63) is 42.5 Å². The Morgan fingerprint density at radius 3 is 2.41 bits per heavy atom. The van der Waals surface area contributed by atoms with Crippen molar-refractivity contribution in [2.45, 2.75) is 53.5 Å². The molecule has 2 aromatic carbocycles. The third kappa shape index (κ3) is 2.09. The number of rotatable bonds is 3. The Hall–Kier alpha value is -2.62. The number of fused-ring (bicyclic) bond motifs is 5. The topological polar surface area (TPSA) is 51.1 Å². The van der Waals surface area contributed by atoms with Gasteiger partial charge in [0, 0.05) is 45.9 Å². The highest BCUT2D eigenvalue weighted by Crippen LogP contribution is 2.70. The van der Waals surface area contributed by atoms with Gasteiger partial charge in [0.25, 0.3) is 0 Å². The summed E-state index contributed by atoms with van der Waals surface area (Å²) in [6.45, 7) is 9.29. The molecule has 0 radical (unpaired) electrons. The summed E-state index contributed by atoms with van der Waals surface area (Å²) in [6.07, 6.45) is 1.94. The lowest BCUT2D eigenvalue weighted by Crippen LogP contribution is -2.43. The smallest absolute Gasteiger partial charge is 0.231 e. The van der Waals surface area contributed by atoms with Gasteiger partial charge in [-0.05, 0) is 49.4 Å². The Morgan fingerprint density at radius 1 is 1.03 bits per heavy atom. The number of anilines is 1. The third-order valence-corrected chi connectivity index (χ3v) is 8.49. The summed E-state index contributed by atoms with van der Waals surface area (Å²) >= 11 is 0. The highest BCUT2D eigenvalue weighted by atomic mass is 16.2. The van der Waals surface area contributed by atoms with Crippen molar-refractivity contribution in [3.8, 4) is 0 Å². The fourth-order valence-electron chi connectivity index (χ4n) is 6.08. The van der Waals surface area contributed by atoms with E-state index in [0.29, 0.717) is 6.42 Å². The predicted octanol–water partition coefficient (Wildman–Crippen LogP) is 5.54. The summed E-state index contributed by atoms with van der Waals surface area (Å²) < 4.78 is 2.30. The Labute approximate surface area is 171 Å². The fraction of sp³-hybridized carbons (Fsp3) is 0.440. The van der Waals surface area contributed by atoms with Crippen LogP contribution in [0.15, 0.2) is 42.5 Å². The first-order valence-corrected chi connectivity index (χ1v) is 10.6. The lowest BCUT2D eigenvalue weighted by atomic mass is 9.64. The van der Waals surface area contributed by atoms with E-state index in [4.69, 9.17) is 0 Å². The van der Waals surface area contributed by atoms with E-state index in [-0.39, 0.29) is 22.5 Å². The molecule has 1 heterocycles. The Bertz CT molecular complexity index is 1190. The molecule has 2 atom stereocenters. The van der Waals surface area contributed by atoms with Gasteiger partial charge in [0.05, 0.1) is 5.41 Å². The molecule has 0 aliphatic heterocycles. The standard InChI is InChI=1S/C25H28N2O2/c1-5-27-19-9-7-6-8-17(19)18-14-16(10-11-20(18)27)26-22(29)25-13-12-24(4,21(28)15-25)23(25,2)3/h6-11,14H,5,12-13,15H2,1-4H3,(H,26,29)/t24-,25-/m0/s1. The number of benzene rings is 2. The lowest BCUT2D eigenvalue weighted by Gasteiger charge is -2.38. The van der Waals surface area contributed by atoms with Gasteiger partial charge in [-0.1, -0.05) is 39.0 Å². The van der Waals surface area contributed by atoms with Crippen LogP contribution < -0.4 is 5.32 Å². The maximum absolute atomic E-state index is 13.5. The summed E-state index contributed by atoms with van der Waals surface area (Å²) in [6, 6.07) is 14.5. The summed E-state index contributed by atoms with van der Waals surface area (Å²) in [4.78, 5) is 26.2. The van der Waals surface area contributed by atoms with E-state index in [1.54, 1.807) is 0 Å². The first-order valence-electron chi connectivity index (χ1n) is 10.6. The Balaban J connectivity index is 1.55. The van der Waals surface area contributed by atoms with Gasteiger partial charge in [0.15, 0.2) is 0 Å². The maximum atomic E-state index is 13.5. The van der Waals surface area contributed by atoms with E-state index < -0.39 is 5.41 Å². The normalized spacial score (nSPS) is 27.8. The zero-order chi connectivity index (χ0) is 20.6. The van der Waals surface area contributed by atoms with Crippen LogP contribution in [0.3, 0.4) is 0 Å². The molecule has 2 aliphatic rings. The van der Waals surface area contributed by atoms with Crippen molar-refractivity contribution < 1.29 is 9.59 Å². The number of para-hydroxylation sites is 1. The number of hydrogen-bond acceptors (Lipinski definition) is 2. The van der Waals surface area contributed by atoms with Gasteiger partial charge in [-0.25, -0.2) is 0 Å². The monoisotopic (exact) mass is 388 g/mol. The van der Waals surface area contributed by atoms with Crippen LogP contribution in [0, 0.1) is 16.2 Å². The molecule has 2 saturated carbocycles. The van der Waals surface area contributed by atoms with Gasteiger partial charge >= 0.3 is 0 Å². The van der Waals surface area contributed by atoms with Crippen molar-refractivity contribution in [2.75, 3.05) is 5.32 Å². The molecule has 2 fully saturated rings. The number of aromatic nitrogens is 1. The highest BCUT2D eigenvalue weighted by molar-refractivity contribution is 6.10. The SMILES string of the molecule is CCn1c2ccccc2c2cc(NC(=O)[C@]34CC[C@@](C)(C(=O)C3)C4(C)C)ccc21. The maximum Gasteiger partial charge on any atom is 0.231 e. The number of Topliss-reactive ketones (excluding diaryl/α,β-unsaturated/α-hetero) is 1. The number of aryl methyl sites for hydroxylation is 1. The summed E-state index contributed by atoms with van der Waals surface area (Å²) in [7, 11) is 0. The van der Waals surface area contributed by atoms with E-state index in [1.165, 1.54) is 16.4 Å². The van der Waals surface area contributed by atoms with Crippen LogP contribution in [-0.4, -0.2) is 16.3 Å². The van der Waals surface area contributed by atoms with Crippen LogP contribution in [0.1, 0.15) is 47.0 Å². The molecule has 5 rings (SSSR count). The minimum Gasteiger partial charge on any atom is -0.341 e. The first-order chi connectivity index (χ1) is 13.7. The molecular formula is C25H28N2O2. The molecule has 29 heavy (non-hydrogen) atoms. The largest absolute Gasteiger partial charge is 0.341 e. The molecular weight excluding hydrogens is 360 g/mol. The van der Waals surface area contributed by atoms with Gasteiger partial charge in [-0.2, -0.15) is 0 Å². The number of carbonyl (C=O) groups is 2. The first kappa shape index (κ1) is 18.4. The average molecular weight is 389 g/mol. The fourth-order valence-corrected chi connectivity index (χ4v) is 6.08. The molecule has 1 N–H and O–H groups in total. The molecule has 0 unspecified atom stereocenters. The number of carbonyl (C=O) groups excluding carboxylic acids is 2. The van der Waals surface area contributed by atoms with Crippen LogP contribution in [0.5, 0.6) is 0 Å². The van der Waals surface area contributed by atoms with Crippen LogP contribution >= 0.6 is 0 Å². The van der Waals surface area contributed by atoms with E-state index in [2.05, 4.69) is 67.1 Å². The molecule has 3 aromatic rings. The van der Waals surface area contributed by atoms with E-state index in [9.17, 15) is 9.59 Å².